The molecule has 1 aromatic heterocycles. The molecule has 172 valence electrons. The number of aryl methyl sites for hydroxylation is 2. The van der Waals surface area contributed by atoms with E-state index in [2.05, 4.69) is 4.68 Å². The fourth-order valence-electron chi connectivity index (χ4n) is 5.31. The molecule has 0 N–H and O–H groups in total. The van der Waals surface area contributed by atoms with Gasteiger partial charge < -0.3 is 9.64 Å². The number of halogens is 2. The van der Waals surface area contributed by atoms with Crippen molar-refractivity contribution in [2.45, 2.75) is 39.7 Å². The van der Waals surface area contributed by atoms with E-state index >= 15 is 0 Å². The number of hydrogen-bond donors (Lipinski definition) is 0. The number of ether oxygens (including phenoxy) is 1. The van der Waals surface area contributed by atoms with Crippen LogP contribution in [0.5, 0.6) is 5.75 Å². The van der Waals surface area contributed by atoms with Crippen molar-refractivity contribution < 1.29 is 18.3 Å². The van der Waals surface area contributed by atoms with Crippen molar-refractivity contribution in [1.82, 2.24) is 14.7 Å². The summed E-state index contributed by atoms with van der Waals surface area (Å²) in [5.41, 5.74) is 4.31. The first-order valence-electron chi connectivity index (χ1n) is 11.3. The standard InChI is InChI=1S/C26H27F2N3O2/c1-4-33-24-11-19(28)6-8-22(24)25(32)30-14-26(15-30)12-20(13-26)31-23(10-17(3)29-31)21-7-5-18(27)9-16(21)2/h5-11,20H,4,12-15H2,1-3H3. The minimum Gasteiger partial charge on any atom is -0.493 e. The summed E-state index contributed by atoms with van der Waals surface area (Å²) in [4.78, 5) is 14.8. The Hall–Kier alpha value is -3.22. The van der Waals surface area contributed by atoms with Gasteiger partial charge in [-0.1, -0.05) is 0 Å². The Morgan fingerprint density at radius 3 is 2.48 bits per heavy atom. The van der Waals surface area contributed by atoms with Crippen LogP contribution in [0.3, 0.4) is 0 Å². The van der Waals surface area contributed by atoms with Crippen molar-refractivity contribution in [3.63, 3.8) is 0 Å². The molecule has 3 aromatic rings. The zero-order valence-corrected chi connectivity index (χ0v) is 19.1. The Balaban J connectivity index is 1.28. The SMILES string of the molecule is CCOc1cc(F)ccc1C(=O)N1CC2(CC(n3nc(C)cc3-c3ccc(F)cc3C)C2)C1. The minimum absolute atomic E-state index is 0.0983. The van der Waals surface area contributed by atoms with Crippen molar-refractivity contribution in [2.75, 3.05) is 19.7 Å². The van der Waals surface area contributed by atoms with Gasteiger partial charge in [-0.2, -0.15) is 5.10 Å². The average molecular weight is 452 g/mol. The van der Waals surface area contributed by atoms with E-state index in [0.29, 0.717) is 31.0 Å². The largest absolute Gasteiger partial charge is 0.493 e. The molecule has 5 nitrogen and oxygen atoms in total. The maximum absolute atomic E-state index is 13.6. The van der Waals surface area contributed by atoms with Gasteiger partial charge in [0.1, 0.15) is 17.4 Å². The molecular formula is C26H27F2N3O2. The second-order valence-electron chi connectivity index (χ2n) is 9.37. The first kappa shape index (κ1) is 21.6. The second kappa shape index (κ2) is 7.97. The molecule has 7 heteroatoms. The van der Waals surface area contributed by atoms with E-state index < -0.39 is 5.82 Å². The average Bonchev–Trinajstić information content (AvgIpc) is 3.07. The van der Waals surface area contributed by atoms with E-state index in [0.717, 1.165) is 35.4 Å². The van der Waals surface area contributed by atoms with Crippen LogP contribution in [0.1, 0.15) is 47.4 Å². The van der Waals surface area contributed by atoms with Gasteiger partial charge in [-0.25, -0.2) is 8.78 Å². The van der Waals surface area contributed by atoms with Crippen molar-refractivity contribution in [3.8, 4) is 17.0 Å². The number of amides is 1. The number of carbonyl (C=O) groups is 1. The van der Waals surface area contributed by atoms with E-state index in [9.17, 15) is 13.6 Å². The zero-order valence-electron chi connectivity index (χ0n) is 19.1. The molecule has 0 atom stereocenters. The Morgan fingerprint density at radius 1 is 1.09 bits per heavy atom. The van der Waals surface area contributed by atoms with Gasteiger partial charge >= 0.3 is 0 Å². The van der Waals surface area contributed by atoms with Crippen LogP contribution in [0, 0.1) is 30.9 Å². The van der Waals surface area contributed by atoms with Crippen LogP contribution < -0.4 is 4.74 Å². The van der Waals surface area contributed by atoms with E-state index in [1.807, 2.05) is 37.8 Å². The molecule has 33 heavy (non-hydrogen) atoms. The lowest BCUT2D eigenvalue weighted by molar-refractivity contribution is -0.0735. The third-order valence-electron chi connectivity index (χ3n) is 6.82. The van der Waals surface area contributed by atoms with E-state index in [4.69, 9.17) is 9.84 Å². The van der Waals surface area contributed by atoms with Crippen molar-refractivity contribution in [3.05, 3.63) is 70.9 Å². The zero-order chi connectivity index (χ0) is 23.3. The highest BCUT2D eigenvalue weighted by molar-refractivity contribution is 5.97. The number of likely N-dealkylation sites (tertiary alicyclic amines) is 1. The number of hydrogen-bond acceptors (Lipinski definition) is 3. The Labute approximate surface area is 192 Å². The topological polar surface area (TPSA) is 47.4 Å². The third kappa shape index (κ3) is 3.79. The predicted octanol–water partition coefficient (Wildman–Crippen LogP) is 5.32. The van der Waals surface area contributed by atoms with Gasteiger partial charge in [0.15, 0.2) is 0 Å². The summed E-state index contributed by atoms with van der Waals surface area (Å²) in [6.45, 7) is 7.41. The molecule has 1 aliphatic heterocycles. The Morgan fingerprint density at radius 2 is 1.79 bits per heavy atom. The molecule has 2 heterocycles. The lowest BCUT2D eigenvalue weighted by atomic mass is 9.60. The quantitative estimate of drug-likeness (QED) is 0.527. The van der Waals surface area contributed by atoms with Gasteiger partial charge in [0, 0.05) is 30.1 Å². The van der Waals surface area contributed by atoms with Gasteiger partial charge in [0.2, 0.25) is 0 Å². The van der Waals surface area contributed by atoms with E-state index in [-0.39, 0.29) is 23.2 Å². The molecule has 2 aliphatic rings. The highest BCUT2D eigenvalue weighted by Crippen LogP contribution is 2.55. The molecule has 1 saturated heterocycles. The highest BCUT2D eigenvalue weighted by atomic mass is 19.1. The lowest BCUT2D eigenvalue weighted by Crippen LogP contribution is -2.63. The first-order valence-corrected chi connectivity index (χ1v) is 11.3. The minimum atomic E-state index is -0.418. The molecule has 5 rings (SSSR count). The maximum atomic E-state index is 13.6. The van der Waals surface area contributed by atoms with Crippen molar-refractivity contribution in [1.29, 1.82) is 0 Å². The van der Waals surface area contributed by atoms with Crippen LogP contribution in [-0.4, -0.2) is 40.3 Å². The molecule has 0 bridgehead atoms. The molecule has 1 saturated carbocycles. The summed E-state index contributed by atoms with van der Waals surface area (Å²) in [5, 5.41) is 4.73. The maximum Gasteiger partial charge on any atom is 0.257 e. The van der Waals surface area contributed by atoms with Crippen LogP contribution in [0.25, 0.3) is 11.3 Å². The Bertz CT molecular complexity index is 1220. The molecule has 1 aliphatic carbocycles. The van der Waals surface area contributed by atoms with E-state index in [1.54, 1.807) is 6.07 Å². The number of carbonyl (C=O) groups excluding carboxylic acids is 1. The van der Waals surface area contributed by atoms with Crippen molar-refractivity contribution >= 4 is 5.91 Å². The summed E-state index contributed by atoms with van der Waals surface area (Å²) in [5.74, 6) is -0.487. The molecule has 2 fully saturated rings. The predicted molar refractivity (Wildman–Crippen MR) is 121 cm³/mol. The normalized spacial score (nSPS) is 17.1. The highest BCUT2D eigenvalue weighted by Gasteiger charge is 2.55. The van der Waals surface area contributed by atoms with Crippen LogP contribution in [0.15, 0.2) is 42.5 Å². The summed E-state index contributed by atoms with van der Waals surface area (Å²) in [6, 6.07) is 11.2. The van der Waals surface area contributed by atoms with E-state index in [1.165, 1.54) is 24.3 Å². The number of benzene rings is 2. The summed E-state index contributed by atoms with van der Waals surface area (Å²) in [7, 11) is 0. The van der Waals surface area contributed by atoms with Crippen LogP contribution in [0.4, 0.5) is 8.78 Å². The monoisotopic (exact) mass is 451 g/mol. The fraction of sp³-hybridized carbons (Fsp3) is 0.385. The smallest absolute Gasteiger partial charge is 0.257 e. The summed E-state index contributed by atoms with van der Waals surface area (Å²) in [6.07, 6.45) is 1.87. The third-order valence-corrected chi connectivity index (χ3v) is 6.82. The Kier molecular flexibility index (Phi) is 5.22. The van der Waals surface area contributed by atoms with Gasteiger partial charge in [-0.15, -0.1) is 0 Å². The van der Waals surface area contributed by atoms with Gasteiger partial charge in [0.25, 0.3) is 5.91 Å². The van der Waals surface area contributed by atoms with Crippen molar-refractivity contribution in [2.24, 2.45) is 5.41 Å². The first-order chi connectivity index (χ1) is 15.8. The molecule has 0 radical (unpaired) electrons. The van der Waals surface area contributed by atoms with Gasteiger partial charge in [0.05, 0.1) is 29.6 Å². The molecular weight excluding hydrogens is 424 g/mol. The van der Waals surface area contributed by atoms with Crippen LogP contribution in [-0.2, 0) is 0 Å². The van der Waals surface area contributed by atoms with Gasteiger partial charge in [-0.05, 0) is 75.6 Å². The molecule has 0 unspecified atom stereocenters. The fourth-order valence-corrected chi connectivity index (χ4v) is 5.31. The molecule has 2 aromatic carbocycles. The number of aromatic nitrogens is 2. The summed E-state index contributed by atoms with van der Waals surface area (Å²) >= 11 is 0. The lowest BCUT2D eigenvalue weighted by Gasteiger charge is -2.59. The number of rotatable bonds is 5. The second-order valence-corrected chi connectivity index (χ2v) is 9.37. The van der Waals surface area contributed by atoms with Gasteiger partial charge in [-0.3, -0.25) is 9.48 Å². The van der Waals surface area contributed by atoms with Crippen LogP contribution >= 0.6 is 0 Å². The van der Waals surface area contributed by atoms with Crippen LogP contribution in [0.2, 0.25) is 0 Å². The molecule has 1 spiro atoms. The number of nitrogens with zero attached hydrogens (tertiary/aromatic N) is 3. The summed E-state index contributed by atoms with van der Waals surface area (Å²) < 4.78 is 34.7. The molecule has 1 amide bonds.